The number of primary amides is 1. The predicted molar refractivity (Wildman–Crippen MR) is 130 cm³/mol. The monoisotopic (exact) mass is 510 g/mol. The van der Waals surface area contributed by atoms with Crippen molar-refractivity contribution in [1.82, 2.24) is 19.7 Å². The molecule has 1 aliphatic heterocycles. The molecule has 3 N–H and O–H groups in total. The molecule has 2 aromatic carbocycles. The summed E-state index contributed by atoms with van der Waals surface area (Å²) in [5, 5.41) is 7.06. The third kappa shape index (κ3) is 4.84. The number of anilines is 2. The summed E-state index contributed by atoms with van der Waals surface area (Å²) in [4.78, 5) is 17.9. The molecule has 11 heteroatoms. The number of fused-ring (bicyclic) bond motifs is 1. The van der Waals surface area contributed by atoms with Crippen LogP contribution in [0, 0.1) is 5.82 Å². The van der Waals surface area contributed by atoms with Gasteiger partial charge in [0.25, 0.3) is 0 Å². The van der Waals surface area contributed by atoms with E-state index in [4.69, 9.17) is 10.7 Å². The number of aromatic nitrogens is 3. The van der Waals surface area contributed by atoms with Crippen molar-refractivity contribution in [3.8, 4) is 22.5 Å². The summed E-state index contributed by atoms with van der Waals surface area (Å²) in [5.41, 5.74) is 7.07. The number of nitrogens with zero attached hydrogens (tertiary/aromatic N) is 4. The summed E-state index contributed by atoms with van der Waals surface area (Å²) in [6.45, 7) is 0.621. The maximum Gasteiger partial charge on any atom is 0.417 e. The van der Waals surface area contributed by atoms with Crippen molar-refractivity contribution in [2.24, 2.45) is 12.8 Å². The van der Waals surface area contributed by atoms with Crippen molar-refractivity contribution >= 4 is 17.4 Å². The molecule has 190 valence electrons. The van der Waals surface area contributed by atoms with Crippen LogP contribution in [0.15, 0.2) is 60.8 Å². The summed E-state index contributed by atoms with van der Waals surface area (Å²) in [6, 6.07) is 13.4. The van der Waals surface area contributed by atoms with E-state index < -0.39 is 23.6 Å². The van der Waals surface area contributed by atoms with Crippen molar-refractivity contribution in [2.45, 2.75) is 19.1 Å². The Labute approximate surface area is 209 Å². The average molecular weight is 510 g/mol. The van der Waals surface area contributed by atoms with E-state index in [0.717, 1.165) is 11.6 Å². The molecule has 0 aliphatic carbocycles. The number of rotatable bonds is 4. The number of halogens is 4. The quantitative estimate of drug-likeness (QED) is 0.356. The number of nitrogens with two attached hydrogens (primary N) is 1. The first-order valence-electron chi connectivity index (χ1n) is 11.4. The fourth-order valence-corrected chi connectivity index (χ4v) is 4.38. The molecule has 0 atom stereocenters. The third-order valence-corrected chi connectivity index (χ3v) is 6.21. The van der Waals surface area contributed by atoms with Gasteiger partial charge in [-0.25, -0.2) is 14.2 Å². The van der Waals surface area contributed by atoms with E-state index >= 15 is 4.39 Å². The van der Waals surface area contributed by atoms with E-state index in [1.807, 2.05) is 30.3 Å². The smallest absolute Gasteiger partial charge is 0.351 e. The Morgan fingerprint density at radius 2 is 1.84 bits per heavy atom. The minimum Gasteiger partial charge on any atom is -0.351 e. The highest BCUT2D eigenvalue weighted by Crippen LogP contribution is 2.41. The molecular formula is C26H22F4N6O. The number of benzene rings is 2. The van der Waals surface area contributed by atoms with E-state index in [1.165, 1.54) is 21.8 Å². The molecular weight excluding hydrogens is 488 g/mol. The summed E-state index contributed by atoms with van der Waals surface area (Å²) >= 11 is 0. The number of hydrogen-bond donors (Lipinski definition) is 2. The Kier molecular flexibility index (Phi) is 6.06. The van der Waals surface area contributed by atoms with Gasteiger partial charge in [-0.15, -0.1) is 0 Å². The SMILES string of the molecule is Cn1ccc(-c2cc(Nc3cc4c(nc3-c3ccccc3)CN(C(N)=O)CC4)c(F)cc2C(F)(F)F)n1. The number of carbonyl (C=O) groups is 1. The fraction of sp³-hybridized carbons (Fsp3) is 0.192. The van der Waals surface area contributed by atoms with Crippen LogP contribution in [0.2, 0.25) is 0 Å². The molecule has 1 aliphatic rings. The highest BCUT2D eigenvalue weighted by atomic mass is 19.4. The molecule has 0 fully saturated rings. The lowest BCUT2D eigenvalue weighted by molar-refractivity contribution is -0.137. The molecule has 0 unspecified atom stereocenters. The van der Waals surface area contributed by atoms with Gasteiger partial charge in [0.15, 0.2) is 0 Å². The molecule has 2 aromatic heterocycles. The number of aryl methyl sites for hydroxylation is 1. The van der Waals surface area contributed by atoms with Gasteiger partial charge in [-0.3, -0.25) is 4.68 Å². The van der Waals surface area contributed by atoms with Crippen LogP contribution in [-0.4, -0.2) is 32.2 Å². The predicted octanol–water partition coefficient (Wildman–Crippen LogP) is 5.49. The van der Waals surface area contributed by atoms with Crippen LogP contribution in [0.5, 0.6) is 0 Å². The van der Waals surface area contributed by atoms with E-state index in [1.54, 1.807) is 13.1 Å². The van der Waals surface area contributed by atoms with Crippen LogP contribution >= 0.6 is 0 Å². The Bertz CT molecular complexity index is 1480. The number of urea groups is 1. The standard InChI is InChI=1S/C26H22F4N6O/c1-35-9-8-20(34-35)17-12-21(19(27)13-18(17)26(28,29)30)32-22-11-16-7-10-36(25(31)37)14-23(16)33-24(22)15-5-3-2-4-6-15/h2-6,8-9,11-13,32H,7,10,14H2,1H3,(H2,31,37). The zero-order valence-electron chi connectivity index (χ0n) is 19.7. The lowest BCUT2D eigenvalue weighted by atomic mass is 10.00. The van der Waals surface area contributed by atoms with Gasteiger partial charge >= 0.3 is 12.2 Å². The maximum absolute atomic E-state index is 15.1. The van der Waals surface area contributed by atoms with Crippen LogP contribution in [-0.2, 0) is 26.2 Å². The second-order valence-electron chi connectivity index (χ2n) is 8.74. The van der Waals surface area contributed by atoms with Gasteiger partial charge in [-0.05, 0) is 36.2 Å². The summed E-state index contributed by atoms with van der Waals surface area (Å²) in [5.74, 6) is -1.07. The molecule has 0 spiro atoms. The Morgan fingerprint density at radius 1 is 1.08 bits per heavy atom. The molecule has 3 heterocycles. The van der Waals surface area contributed by atoms with Crippen molar-refractivity contribution in [2.75, 3.05) is 11.9 Å². The molecule has 5 rings (SSSR count). The second-order valence-corrected chi connectivity index (χ2v) is 8.74. The van der Waals surface area contributed by atoms with E-state index in [2.05, 4.69) is 10.4 Å². The molecule has 0 saturated heterocycles. The first kappa shape index (κ1) is 24.3. The number of carbonyl (C=O) groups excluding carboxylic acids is 1. The maximum atomic E-state index is 15.1. The average Bonchev–Trinajstić information content (AvgIpc) is 3.30. The molecule has 4 aromatic rings. The zero-order valence-corrected chi connectivity index (χ0v) is 19.7. The van der Waals surface area contributed by atoms with Gasteiger partial charge in [-0.1, -0.05) is 30.3 Å². The molecule has 2 amide bonds. The zero-order chi connectivity index (χ0) is 26.3. The van der Waals surface area contributed by atoms with Gasteiger partial charge in [0.2, 0.25) is 0 Å². The molecule has 0 bridgehead atoms. The molecule has 7 nitrogen and oxygen atoms in total. The van der Waals surface area contributed by atoms with Crippen molar-refractivity contribution < 1.29 is 22.4 Å². The topological polar surface area (TPSA) is 89.1 Å². The van der Waals surface area contributed by atoms with Gasteiger partial charge in [0, 0.05) is 30.9 Å². The molecule has 0 radical (unpaired) electrons. The minimum absolute atomic E-state index is 0.0660. The van der Waals surface area contributed by atoms with E-state index in [-0.39, 0.29) is 23.5 Å². The van der Waals surface area contributed by atoms with Crippen LogP contribution < -0.4 is 11.1 Å². The van der Waals surface area contributed by atoms with Gasteiger partial charge < -0.3 is 16.0 Å². The summed E-state index contributed by atoms with van der Waals surface area (Å²) in [7, 11) is 1.59. The summed E-state index contributed by atoms with van der Waals surface area (Å²) < 4.78 is 57.8. The van der Waals surface area contributed by atoms with Crippen molar-refractivity contribution in [3.05, 3.63) is 83.4 Å². The van der Waals surface area contributed by atoms with Crippen LogP contribution in [0.1, 0.15) is 16.8 Å². The van der Waals surface area contributed by atoms with Crippen LogP contribution in [0.4, 0.5) is 33.7 Å². The van der Waals surface area contributed by atoms with E-state index in [0.29, 0.717) is 41.7 Å². The lowest BCUT2D eigenvalue weighted by Gasteiger charge is -2.28. The number of nitrogens with one attached hydrogen (secondary N) is 1. The Morgan fingerprint density at radius 3 is 2.49 bits per heavy atom. The van der Waals surface area contributed by atoms with Crippen LogP contribution in [0.3, 0.4) is 0 Å². The fourth-order valence-electron chi connectivity index (χ4n) is 4.38. The second kappa shape index (κ2) is 9.23. The highest BCUT2D eigenvalue weighted by molar-refractivity contribution is 5.81. The van der Waals surface area contributed by atoms with Crippen molar-refractivity contribution in [1.29, 1.82) is 0 Å². The normalized spacial score (nSPS) is 13.4. The largest absolute Gasteiger partial charge is 0.417 e. The van der Waals surface area contributed by atoms with Gasteiger partial charge in [0.1, 0.15) is 5.82 Å². The molecule has 37 heavy (non-hydrogen) atoms. The number of pyridine rings is 1. The molecule has 0 saturated carbocycles. The Hall–Kier alpha value is -4.41. The summed E-state index contributed by atoms with van der Waals surface area (Å²) in [6.07, 6.45) is -2.78. The lowest BCUT2D eigenvalue weighted by Crippen LogP contribution is -2.40. The highest BCUT2D eigenvalue weighted by Gasteiger charge is 2.35. The van der Waals surface area contributed by atoms with Crippen LogP contribution in [0.25, 0.3) is 22.5 Å². The first-order valence-corrected chi connectivity index (χ1v) is 11.4. The van der Waals surface area contributed by atoms with E-state index in [9.17, 15) is 18.0 Å². The van der Waals surface area contributed by atoms with Crippen molar-refractivity contribution in [3.63, 3.8) is 0 Å². The first-order chi connectivity index (χ1) is 17.6. The number of hydrogen-bond acceptors (Lipinski definition) is 4. The number of alkyl halides is 3. The van der Waals surface area contributed by atoms with Gasteiger partial charge in [0.05, 0.1) is 40.6 Å². The van der Waals surface area contributed by atoms with Gasteiger partial charge in [-0.2, -0.15) is 18.3 Å². The number of amides is 2. The minimum atomic E-state index is -4.78. The Balaban J connectivity index is 1.63. The third-order valence-electron chi connectivity index (χ3n) is 6.21.